The largest absolute Gasteiger partial charge is 0.406 e. The first-order chi connectivity index (χ1) is 22.4. The highest BCUT2D eigenvalue weighted by molar-refractivity contribution is 6.33. The van der Waals surface area contributed by atoms with Crippen molar-refractivity contribution in [3.05, 3.63) is 106 Å². The second-order valence-electron chi connectivity index (χ2n) is 10.9. The molecule has 1 aliphatic heterocycles. The highest BCUT2D eigenvalue weighted by Gasteiger charge is 2.19. The molecule has 3 aromatic carbocycles. The molecular weight excluding hydrogens is 606 g/mol. The summed E-state index contributed by atoms with van der Waals surface area (Å²) in [5.74, 6) is 0.0230. The number of halogens is 1. The van der Waals surface area contributed by atoms with E-state index in [4.69, 9.17) is 21.2 Å². The van der Waals surface area contributed by atoms with Crippen molar-refractivity contribution in [2.45, 2.75) is 0 Å². The third-order valence-electron chi connectivity index (χ3n) is 7.75. The fraction of sp³-hybridized carbons (Fsp3) is 0.235. The van der Waals surface area contributed by atoms with E-state index in [1.54, 1.807) is 61.8 Å². The quantitative estimate of drug-likeness (QED) is 0.205. The summed E-state index contributed by atoms with van der Waals surface area (Å²) < 4.78 is 6.28. The molecule has 3 heterocycles. The summed E-state index contributed by atoms with van der Waals surface area (Å²) in [5, 5.41) is 6.99. The molecule has 5 aromatic rings. The van der Waals surface area contributed by atoms with Crippen LogP contribution in [-0.4, -0.2) is 79.1 Å². The van der Waals surface area contributed by atoms with E-state index in [9.17, 15) is 9.59 Å². The lowest BCUT2D eigenvalue weighted by atomic mass is 10.1. The lowest BCUT2D eigenvalue weighted by Gasteiger charge is -2.34. The molecule has 0 saturated carbocycles. The maximum absolute atomic E-state index is 13.9. The fourth-order valence-electron chi connectivity index (χ4n) is 5.21. The highest BCUT2D eigenvalue weighted by Crippen LogP contribution is 2.31. The van der Waals surface area contributed by atoms with Crippen molar-refractivity contribution in [2.75, 3.05) is 69.1 Å². The molecule has 0 atom stereocenters. The molecule has 2 N–H and O–H groups in total. The normalized spacial score (nSPS) is 13.5. The number of benzene rings is 3. The number of pyridine rings is 1. The van der Waals surface area contributed by atoms with Crippen LogP contribution in [0.4, 0.5) is 23.0 Å². The minimum Gasteiger partial charge on any atom is -0.406 e. The van der Waals surface area contributed by atoms with Crippen LogP contribution in [0.1, 0.15) is 10.4 Å². The Hall–Kier alpha value is -4.97. The smallest absolute Gasteiger partial charge is 0.293 e. The minimum absolute atomic E-state index is 0.108. The topological polar surface area (TPSA) is 114 Å². The molecule has 0 unspecified atom stereocenters. The van der Waals surface area contributed by atoms with Crippen LogP contribution in [-0.2, 0) is 4.74 Å². The van der Waals surface area contributed by atoms with Gasteiger partial charge in [-0.25, -0.2) is 4.98 Å². The molecule has 0 radical (unpaired) electrons. The lowest BCUT2D eigenvalue weighted by molar-refractivity contribution is 0.0584. The predicted octanol–water partition coefficient (Wildman–Crippen LogP) is 4.93. The summed E-state index contributed by atoms with van der Waals surface area (Å²) in [6.45, 7) is 4.40. The maximum atomic E-state index is 13.9. The summed E-state index contributed by atoms with van der Waals surface area (Å²) in [6.07, 6.45) is 1.62. The Labute approximate surface area is 271 Å². The van der Waals surface area contributed by atoms with E-state index in [0.29, 0.717) is 33.2 Å². The van der Waals surface area contributed by atoms with Crippen molar-refractivity contribution in [1.82, 2.24) is 19.6 Å². The third-order valence-corrected chi connectivity index (χ3v) is 8.08. The average molecular weight is 640 g/mol. The Kier molecular flexibility index (Phi) is 9.43. The number of nitrogens with zero attached hydrogens (tertiary/aromatic N) is 5. The molecule has 0 bridgehead atoms. The van der Waals surface area contributed by atoms with Gasteiger partial charge in [0.25, 0.3) is 11.5 Å². The van der Waals surface area contributed by atoms with Gasteiger partial charge < -0.3 is 30.0 Å². The number of piperazine rings is 1. The average Bonchev–Trinajstić information content (AvgIpc) is 3.08. The Balaban J connectivity index is 1.30. The Morgan fingerprint density at radius 3 is 2.39 bits per heavy atom. The molecule has 0 aliphatic carbocycles. The second kappa shape index (κ2) is 14.0. The van der Waals surface area contributed by atoms with Crippen LogP contribution in [0.5, 0.6) is 0 Å². The predicted molar refractivity (Wildman–Crippen MR) is 181 cm³/mol. The molecule has 1 fully saturated rings. The molecule has 11 nitrogen and oxygen atoms in total. The van der Waals surface area contributed by atoms with Crippen molar-refractivity contribution >= 4 is 51.6 Å². The Morgan fingerprint density at radius 1 is 0.913 bits per heavy atom. The van der Waals surface area contributed by atoms with Gasteiger partial charge in [0, 0.05) is 78.1 Å². The van der Waals surface area contributed by atoms with E-state index >= 15 is 0 Å². The molecule has 0 spiro atoms. The van der Waals surface area contributed by atoms with Crippen molar-refractivity contribution < 1.29 is 14.4 Å². The zero-order valence-electron chi connectivity index (χ0n) is 25.6. The first kappa shape index (κ1) is 31.0. The van der Waals surface area contributed by atoms with Crippen LogP contribution in [0.3, 0.4) is 0 Å². The molecule has 1 aliphatic rings. The second-order valence-corrected chi connectivity index (χ2v) is 11.3. The van der Waals surface area contributed by atoms with Gasteiger partial charge in [-0.05, 0) is 67.7 Å². The minimum atomic E-state index is -0.474. The molecular formula is C34H34ClN7O4. The number of fused-ring (bicyclic) bond motifs is 1. The van der Waals surface area contributed by atoms with E-state index in [-0.39, 0.29) is 30.3 Å². The van der Waals surface area contributed by atoms with Crippen LogP contribution in [0.15, 0.2) is 89.9 Å². The first-order valence-corrected chi connectivity index (χ1v) is 15.3. The van der Waals surface area contributed by atoms with Gasteiger partial charge >= 0.3 is 0 Å². The fourth-order valence-corrected chi connectivity index (χ4v) is 5.43. The van der Waals surface area contributed by atoms with Gasteiger partial charge in [0.2, 0.25) is 5.95 Å². The highest BCUT2D eigenvalue weighted by atomic mass is 35.5. The van der Waals surface area contributed by atoms with Gasteiger partial charge in [0.1, 0.15) is 6.61 Å². The van der Waals surface area contributed by atoms with Gasteiger partial charge in [0.15, 0.2) is 5.65 Å². The number of aromatic nitrogens is 3. The lowest BCUT2D eigenvalue weighted by Crippen LogP contribution is -2.44. The molecule has 46 heavy (non-hydrogen) atoms. The zero-order chi connectivity index (χ0) is 32.0. The SMILES string of the molecule is COCCOn1c(=O)c(-c2cc(NC(=O)c3ccccc3)ccc2Cl)cc2cnc(Nc3ccc(N4CCN(C)CC4)cc3)nc21. The number of ether oxygens (including phenoxy) is 1. The number of hydrogen-bond donors (Lipinski definition) is 2. The van der Waals surface area contributed by atoms with Crippen LogP contribution >= 0.6 is 11.6 Å². The summed E-state index contributed by atoms with van der Waals surface area (Å²) in [6, 6.07) is 23.6. The van der Waals surface area contributed by atoms with E-state index < -0.39 is 5.56 Å². The van der Waals surface area contributed by atoms with E-state index in [1.807, 2.05) is 18.2 Å². The van der Waals surface area contributed by atoms with Crippen molar-refractivity contribution in [2.24, 2.45) is 0 Å². The zero-order valence-corrected chi connectivity index (χ0v) is 26.3. The number of nitrogens with one attached hydrogen (secondary N) is 2. The molecule has 1 saturated heterocycles. The number of methoxy groups -OCH3 is 1. The molecule has 1 amide bonds. The number of carbonyl (C=O) groups excluding carboxylic acids is 1. The van der Waals surface area contributed by atoms with E-state index in [2.05, 4.69) is 49.6 Å². The number of rotatable bonds is 10. The molecule has 2 aromatic heterocycles. The van der Waals surface area contributed by atoms with E-state index in [0.717, 1.165) is 42.3 Å². The Bertz CT molecular complexity index is 1890. The number of amides is 1. The number of anilines is 4. The number of hydrogen-bond acceptors (Lipinski definition) is 9. The van der Waals surface area contributed by atoms with Gasteiger partial charge in [-0.15, -0.1) is 4.73 Å². The molecule has 12 heteroatoms. The summed E-state index contributed by atoms with van der Waals surface area (Å²) in [5.41, 5.74) is 3.44. The van der Waals surface area contributed by atoms with Gasteiger partial charge in [0.05, 0.1) is 12.2 Å². The summed E-state index contributed by atoms with van der Waals surface area (Å²) in [4.78, 5) is 46.4. The monoisotopic (exact) mass is 639 g/mol. The van der Waals surface area contributed by atoms with Crippen molar-refractivity contribution in [1.29, 1.82) is 0 Å². The summed E-state index contributed by atoms with van der Waals surface area (Å²) in [7, 11) is 3.69. The van der Waals surface area contributed by atoms with Crippen LogP contribution in [0.25, 0.3) is 22.2 Å². The summed E-state index contributed by atoms with van der Waals surface area (Å²) >= 11 is 6.60. The maximum Gasteiger partial charge on any atom is 0.293 e. The van der Waals surface area contributed by atoms with Crippen molar-refractivity contribution in [3.8, 4) is 11.1 Å². The van der Waals surface area contributed by atoms with Crippen molar-refractivity contribution in [3.63, 3.8) is 0 Å². The van der Waals surface area contributed by atoms with Gasteiger partial charge in [-0.3, -0.25) is 9.59 Å². The third kappa shape index (κ3) is 6.96. The number of likely N-dealkylation sites (N-methyl/N-ethyl adjacent to an activating group) is 1. The standard InChI is InChI=1S/C34H34ClN7O4/c1-40-14-16-41(17-15-40)27-11-8-25(9-12-27)38-34-36-22-24-20-29(33(44)42(31(24)39-34)46-19-18-45-2)28-21-26(10-13-30(28)35)37-32(43)23-6-4-3-5-7-23/h3-13,20-22H,14-19H2,1-2H3,(H,37,43)(H,36,38,39). The molecule has 6 rings (SSSR count). The Morgan fingerprint density at radius 2 is 1.65 bits per heavy atom. The van der Waals surface area contributed by atoms with E-state index in [1.165, 1.54) is 0 Å². The number of carbonyl (C=O) groups is 1. The molecule has 236 valence electrons. The van der Waals surface area contributed by atoms with Crippen LogP contribution in [0, 0.1) is 0 Å². The van der Waals surface area contributed by atoms with Gasteiger partial charge in [-0.1, -0.05) is 29.8 Å². The van der Waals surface area contributed by atoms with Crippen LogP contribution in [0.2, 0.25) is 5.02 Å². The first-order valence-electron chi connectivity index (χ1n) is 14.9. The van der Waals surface area contributed by atoms with Gasteiger partial charge in [-0.2, -0.15) is 4.98 Å². The van der Waals surface area contributed by atoms with Crippen LogP contribution < -0.4 is 25.9 Å².